The minimum Gasteiger partial charge on any atom is -0.341 e. The van der Waals surface area contributed by atoms with Gasteiger partial charge in [0.1, 0.15) is 5.01 Å². The molecule has 1 atom stereocenters. The summed E-state index contributed by atoms with van der Waals surface area (Å²) in [6.07, 6.45) is 2.91. The number of hydrogen-bond acceptors (Lipinski definition) is 4. The standard InChI is InChI=1S/C16H24N4O2S/c1-11-10-23-14(17-11)12(2)18-16(22)20-7-3-6-19(8-9-20)15(21)13-4-5-13/h10,12-13H,3-9H2,1-2H3,(H,18,22). The molecular weight excluding hydrogens is 312 g/mol. The summed E-state index contributed by atoms with van der Waals surface area (Å²) >= 11 is 1.57. The van der Waals surface area contributed by atoms with Gasteiger partial charge in [-0.2, -0.15) is 0 Å². The average molecular weight is 336 g/mol. The van der Waals surface area contributed by atoms with Crippen molar-refractivity contribution in [3.8, 4) is 0 Å². The Morgan fingerprint density at radius 2 is 1.96 bits per heavy atom. The smallest absolute Gasteiger partial charge is 0.318 e. The second-order valence-electron chi connectivity index (χ2n) is 6.44. The average Bonchev–Trinajstić information content (AvgIpc) is 3.32. The molecule has 1 N–H and O–H groups in total. The van der Waals surface area contributed by atoms with E-state index in [1.807, 2.05) is 29.0 Å². The van der Waals surface area contributed by atoms with Crippen LogP contribution in [0.5, 0.6) is 0 Å². The lowest BCUT2D eigenvalue weighted by Crippen LogP contribution is -2.43. The van der Waals surface area contributed by atoms with E-state index < -0.39 is 0 Å². The molecule has 2 fully saturated rings. The molecule has 1 aromatic heterocycles. The molecule has 0 radical (unpaired) electrons. The molecule has 2 heterocycles. The zero-order valence-electron chi connectivity index (χ0n) is 13.7. The van der Waals surface area contributed by atoms with Gasteiger partial charge in [0.15, 0.2) is 0 Å². The van der Waals surface area contributed by atoms with Gasteiger partial charge in [0.25, 0.3) is 0 Å². The molecule has 1 saturated carbocycles. The topological polar surface area (TPSA) is 65.5 Å². The molecule has 0 aromatic carbocycles. The third kappa shape index (κ3) is 4.02. The van der Waals surface area contributed by atoms with Crippen LogP contribution in [0, 0.1) is 12.8 Å². The van der Waals surface area contributed by atoms with Crippen molar-refractivity contribution in [2.24, 2.45) is 5.92 Å². The normalized spacial score (nSPS) is 20.1. The first-order valence-corrected chi connectivity index (χ1v) is 9.19. The van der Waals surface area contributed by atoms with Gasteiger partial charge in [0.2, 0.25) is 5.91 Å². The van der Waals surface area contributed by atoms with Crippen LogP contribution >= 0.6 is 11.3 Å². The van der Waals surface area contributed by atoms with Gasteiger partial charge in [0.05, 0.1) is 6.04 Å². The van der Waals surface area contributed by atoms with Crippen molar-refractivity contribution in [2.45, 2.75) is 39.2 Å². The minimum absolute atomic E-state index is 0.0638. The fourth-order valence-electron chi connectivity index (χ4n) is 2.84. The summed E-state index contributed by atoms with van der Waals surface area (Å²) in [5.41, 5.74) is 0.982. The van der Waals surface area contributed by atoms with Crippen molar-refractivity contribution < 1.29 is 9.59 Å². The third-order valence-corrected chi connectivity index (χ3v) is 5.51. The molecule has 0 spiro atoms. The van der Waals surface area contributed by atoms with Crippen LogP contribution < -0.4 is 5.32 Å². The van der Waals surface area contributed by atoms with Crippen LogP contribution in [0.1, 0.15) is 42.9 Å². The second kappa shape index (κ2) is 6.86. The summed E-state index contributed by atoms with van der Waals surface area (Å²) in [6.45, 7) is 6.62. The van der Waals surface area contributed by atoms with E-state index in [0.717, 1.165) is 36.5 Å². The zero-order chi connectivity index (χ0) is 16.4. The maximum atomic E-state index is 12.5. The van der Waals surface area contributed by atoms with Crippen LogP contribution in [0.3, 0.4) is 0 Å². The van der Waals surface area contributed by atoms with Gasteiger partial charge in [-0.25, -0.2) is 9.78 Å². The van der Waals surface area contributed by atoms with Crippen molar-refractivity contribution >= 4 is 23.3 Å². The Labute approximate surface area is 140 Å². The molecule has 3 amide bonds. The quantitative estimate of drug-likeness (QED) is 0.920. The van der Waals surface area contributed by atoms with Crippen LogP contribution in [0.2, 0.25) is 0 Å². The van der Waals surface area contributed by atoms with Gasteiger partial charge in [0, 0.05) is 43.2 Å². The highest BCUT2D eigenvalue weighted by atomic mass is 32.1. The number of nitrogens with one attached hydrogen (secondary N) is 1. The number of carbonyl (C=O) groups excluding carboxylic acids is 2. The fraction of sp³-hybridized carbons (Fsp3) is 0.688. The first kappa shape index (κ1) is 16.2. The van der Waals surface area contributed by atoms with Crippen LogP contribution in [-0.2, 0) is 4.79 Å². The molecule has 126 valence electrons. The molecule has 1 aliphatic carbocycles. The van der Waals surface area contributed by atoms with E-state index in [4.69, 9.17) is 0 Å². The Hall–Kier alpha value is -1.63. The van der Waals surface area contributed by atoms with Gasteiger partial charge < -0.3 is 15.1 Å². The summed E-state index contributed by atoms with van der Waals surface area (Å²) in [4.78, 5) is 32.8. The van der Waals surface area contributed by atoms with Crippen LogP contribution in [0.15, 0.2) is 5.38 Å². The zero-order valence-corrected chi connectivity index (χ0v) is 14.6. The molecule has 3 rings (SSSR count). The molecule has 6 nitrogen and oxygen atoms in total. The van der Waals surface area contributed by atoms with E-state index >= 15 is 0 Å². The summed E-state index contributed by atoms with van der Waals surface area (Å²) in [7, 11) is 0. The molecule has 2 aliphatic rings. The van der Waals surface area contributed by atoms with Crippen molar-refractivity contribution in [3.05, 3.63) is 16.1 Å². The Morgan fingerprint density at radius 3 is 2.61 bits per heavy atom. The number of urea groups is 1. The molecule has 7 heteroatoms. The van der Waals surface area contributed by atoms with Gasteiger partial charge in [-0.05, 0) is 33.1 Å². The summed E-state index contributed by atoms with van der Waals surface area (Å²) in [5, 5.41) is 5.94. The van der Waals surface area contributed by atoms with Crippen LogP contribution in [-0.4, -0.2) is 52.9 Å². The predicted octanol–water partition coefficient (Wildman–Crippen LogP) is 2.17. The van der Waals surface area contributed by atoms with Crippen molar-refractivity contribution in [3.63, 3.8) is 0 Å². The van der Waals surface area contributed by atoms with Gasteiger partial charge in [-0.3, -0.25) is 4.79 Å². The van der Waals surface area contributed by atoms with Gasteiger partial charge in [-0.1, -0.05) is 0 Å². The van der Waals surface area contributed by atoms with Crippen LogP contribution in [0.25, 0.3) is 0 Å². The monoisotopic (exact) mass is 336 g/mol. The third-order valence-electron chi connectivity index (χ3n) is 4.37. The first-order valence-electron chi connectivity index (χ1n) is 8.31. The number of aromatic nitrogens is 1. The highest BCUT2D eigenvalue weighted by molar-refractivity contribution is 7.09. The maximum absolute atomic E-state index is 12.5. The second-order valence-corrected chi connectivity index (χ2v) is 7.33. The SMILES string of the molecule is Cc1csc(C(C)NC(=O)N2CCCN(C(=O)C3CC3)CC2)n1. The van der Waals surface area contributed by atoms with Gasteiger partial charge in [-0.15, -0.1) is 11.3 Å². The number of rotatable bonds is 3. The van der Waals surface area contributed by atoms with Gasteiger partial charge >= 0.3 is 6.03 Å². The molecule has 1 unspecified atom stereocenters. The van der Waals surface area contributed by atoms with Crippen molar-refractivity contribution in [1.82, 2.24) is 20.1 Å². The molecule has 0 bridgehead atoms. The highest BCUT2D eigenvalue weighted by Gasteiger charge is 2.34. The molecule has 1 saturated heterocycles. The largest absolute Gasteiger partial charge is 0.341 e. The number of nitrogens with zero attached hydrogens (tertiary/aromatic N) is 3. The van der Waals surface area contributed by atoms with Crippen LogP contribution in [0.4, 0.5) is 4.79 Å². The summed E-state index contributed by atoms with van der Waals surface area (Å²) < 4.78 is 0. The predicted molar refractivity (Wildman–Crippen MR) is 89.3 cm³/mol. The Balaban J connectivity index is 1.52. The molecular formula is C16H24N4O2S. The number of thiazole rings is 1. The minimum atomic E-state index is -0.0892. The van der Waals surface area contributed by atoms with E-state index in [9.17, 15) is 9.59 Å². The van der Waals surface area contributed by atoms with Crippen molar-refractivity contribution in [1.29, 1.82) is 0 Å². The Morgan fingerprint density at radius 1 is 1.26 bits per heavy atom. The lowest BCUT2D eigenvalue weighted by molar-refractivity contribution is -0.132. The van der Waals surface area contributed by atoms with E-state index in [1.54, 1.807) is 11.3 Å². The highest BCUT2D eigenvalue weighted by Crippen LogP contribution is 2.31. The number of aryl methyl sites for hydroxylation is 1. The number of carbonyl (C=O) groups is 2. The molecule has 1 aromatic rings. The first-order chi connectivity index (χ1) is 11.0. The van der Waals surface area contributed by atoms with E-state index in [-0.39, 0.29) is 23.9 Å². The van der Waals surface area contributed by atoms with Crippen molar-refractivity contribution in [2.75, 3.05) is 26.2 Å². The fourth-order valence-corrected chi connectivity index (χ4v) is 3.64. The lowest BCUT2D eigenvalue weighted by atomic mass is 10.3. The van der Waals surface area contributed by atoms with E-state index in [1.165, 1.54) is 0 Å². The van der Waals surface area contributed by atoms with E-state index in [2.05, 4.69) is 10.3 Å². The lowest BCUT2D eigenvalue weighted by Gasteiger charge is -2.24. The Bertz CT molecular complexity index is 584. The number of hydrogen-bond donors (Lipinski definition) is 1. The number of amides is 3. The summed E-state index contributed by atoms with van der Waals surface area (Å²) in [5.74, 6) is 0.530. The van der Waals surface area contributed by atoms with E-state index in [0.29, 0.717) is 19.6 Å². The summed E-state index contributed by atoms with van der Waals surface area (Å²) in [6, 6.07) is -0.153. The Kier molecular flexibility index (Phi) is 4.84. The maximum Gasteiger partial charge on any atom is 0.318 e. The molecule has 23 heavy (non-hydrogen) atoms. The molecule has 1 aliphatic heterocycles.